The Labute approximate surface area is 159 Å². The molecule has 0 bridgehead atoms. The standard InChI is InChI=1S/C21H28N2O4/c1-3-4-8-15-18(23-17-10-6-5-9-16(17)22-15)13-14-20(25)19(24)11-7-12-21(26)27-2/h5-6,9-10,13-14,19-20,24-25H,3-4,7-8,11-12H2,1-2H3/b14-13+/t19-,20+/m0/s1. The molecule has 0 radical (unpaired) electrons. The molecule has 146 valence electrons. The summed E-state index contributed by atoms with van der Waals surface area (Å²) in [5, 5.41) is 20.3. The van der Waals surface area contributed by atoms with Crippen LogP contribution in [0.4, 0.5) is 0 Å². The van der Waals surface area contributed by atoms with Crippen LogP contribution in [-0.4, -0.2) is 45.5 Å². The van der Waals surface area contributed by atoms with Crippen LogP contribution in [0.25, 0.3) is 17.1 Å². The van der Waals surface area contributed by atoms with Crippen LogP contribution in [0, 0.1) is 0 Å². The van der Waals surface area contributed by atoms with Gasteiger partial charge in [-0.15, -0.1) is 0 Å². The lowest BCUT2D eigenvalue weighted by atomic mass is 10.1. The summed E-state index contributed by atoms with van der Waals surface area (Å²) in [6, 6.07) is 7.69. The third-order valence-corrected chi connectivity index (χ3v) is 4.39. The fraction of sp³-hybridized carbons (Fsp3) is 0.476. The average Bonchev–Trinajstić information content (AvgIpc) is 2.69. The molecule has 0 aliphatic rings. The number of aliphatic hydroxyl groups excluding tert-OH is 2. The van der Waals surface area contributed by atoms with Crippen molar-refractivity contribution >= 4 is 23.1 Å². The van der Waals surface area contributed by atoms with Crippen LogP contribution in [0.1, 0.15) is 50.4 Å². The number of ether oxygens (including phenoxy) is 1. The maximum Gasteiger partial charge on any atom is 0.305 e. The number of carbonyl (C=O) groups is 1. The van der Waals surface area contributed by atoms with E-state index >= 15 is 0 Å². The maximum atomic E-state index is 11.1. The first-order valence-corrected chi connectivity index (χ1v) is 9.42. The summed E-state index contributed by atoms with van der Waals surface area (Å²) in [5.41, 5.74) is 3.25. The average molecular weight is 372 g/mol. The van der Waals surface area contributed by atoms with Gasteiger partial charge in [-0.2, -0.15) is 0 Å². The molecular formula is C21H28N2O4. The van der Waals surface area contributed by atoms with Crippen molar-refractivity contribution in [1.29, 1.82) is 0 Å². The predicted octanol–water partition coefficient (Wildman–Crippen LogP) is 3.05. The van der Waals surface area contributed by atoms with Gasteiger partial charge in [-0.05, 0) is 43.9 Å². The fourth-order valence-corrected chi connectivity index (χ4v) is 2.76. The number of aromatic nitrogens is 2. The van der Waals surface area contributed by atoms with Crippen LogP contribution in [0.5, 0.6) is 0 Å². The molecule has 2 atom stereocenters. The highest BCUT2D eigenvalue weighted by atomic mass is 16.5. The molecule has 27 heavy (non-hydrogen) atoms. The van der Waals surface area contributed by atoms with Gasteiger partial charge in [-0.1, -0.05) is 31.6 Å². The lowest BCUT2D eigenvalue weighted by molar-refractivity contribution is -0.140. The summed E-state index contributed by atoms with van der Waals surface area (Å²) in [7, 11) is 1.33. The topological polar surface area (TPSA) is 92.5 Å². The van der Waals surface area contributed by atoms with E-state index in [9.17, 15) is 15.0 Å². The Morgan fingerprint density at radius 3 is 2.56 bits per heavy atom. The fourth-order valence-electron chi connectivity index (χ4n) is 2.76. The molecule has 0 saturated carbocycles. The summed E-state index contributed by atoms with van der Waals surface area (Å²) >= 11 is 0. The van der Waals surface area contributed by atoms with Crippen LogP contribution in [0.15, 0.2) is 30.3 Å². The highest BCUT2D eigenvalue weighted by Gasteiger charge is 2.15. The summed E-state index contributed by atoms with van der Waals surface area (Å²) in [5.74, 6) is -0.320. The van der Waals surface area contributed by atoms with Gasteiger partial charge in [-0.3, -0.25) is 4.79 Å². The van der Waals surface area contributed by atoms with E-state index in [1.807, 2.05) is 24.3 Å². The third kappa shape index (κ3) is 6.41. The molecule has 0 aliphatic carbocycles. The van der Waals surface area contributed by atoms with Gasteiger partial charge in [0.1, 0.15) is 0 Å². The molecule has 0 aliphatic heterocycles. The van der Waals surface area contributed by atoms with Crippen molar-refractivity contribution in [3.05, 3.63) is 41.7 Å². The molecule has 0 spiro atoms. The summed E-state index contributed by atoms with van der Waals surface area (Å²) in [6.07, 6.45) is 5.14. The second kappa shape index (κ2) is 10.7. The quantitative estimate of drug-likeness (QED) is 0.623. The van der Waals surface area contributed by atoms with E-state index in [1.165, 1.54) is 13.2 Å². The predicted molar refractivity (Wildman–Crippen MR) is 105 cm³/mol. The number of carbonyl (C=O) groups excluding carboxylic acids is 1. The molecule has 6 heteroatoms. The van der Waals surface area contributed by atoms with E-state index in [-0.39, 0.29) is 12.4 Å². The second-order valence-electron chi connectivity index (χ2n) is 6.53. The van der Waals surface area contributed by atoms with Crippen molar-refractivity contribution in [1.82, 2.24) is 9.97 Å². The Bertz CT molecular complexity index is 776. The first-order valence-electron chi connectivity index (χ1n) is 9.42. The summed E-state index contributed by atoms with van der Waals surface area (Å²) in [6.45, 7) is 2.12. The molecular weight excluding hydrogens is 344 g/mol. The number of para-hydroxylation sites is 2. The zero-order valence-electron chi connectivity index (χ0n) is 16.0. The highest BCUT2D eigenvalue weighted by Crippen LogP contribution is 2.17. The number of nitrogens with zero attached hydrogens (tertiary/aromatic N) is 2. The van der Waals surface area contributed by atoms with Gasteiger partial charge in [0.15, 0.2) is 0 Å². The molecule has 1 aromatic carbocycles. The molecule has 1 heterocycles. The second-order valence-corrected chi connectivity index (χ2v) is 6.53. The van der Waals surface area contributed by atoms with Crippen LogP contribution in [-0.2, 0) is 16.0 Å². The minimum Gasteiger partial charge on any atom is -0.469 e. The Morgan fingerprint density at radius 1 is 1.19 bits per heavy atom. The van der Waals surface area contributed by atoms with Crippen LogP contribution in [0.2, 0.25) is 0 Å². The van der Waals surface area contributed by atoms with Crippen molar-refractivity contribution in [2.45, 2.75) is 57.7 Å². The monoisotopic (exact) mass is 372 g/mol. The minimum atomic E-state index is -1.03. The summed E-state index contributed by atoms with van der Waals surface area (Å²) < 4.78 is 4.57. The number of hydrogen-bond acceptors (Lipinski definition) is 6. The molecule has 2 N–H and O–H groups in total. The normalized spacial score (nSPS) is 13.8. The number of esters is 1. The lowest BCUT2D eigenvalue weighted by Gasteiger charge is -2.14. The number of aliphatic hydroxyl groups is 2. The molecule has 2 aromatic rings. The van der Waals surface area contributed by atoms with E-state index in [2.05, 4.69) is 16.6 Å². The van der Waals surface area contributed by atoms with Gasteiger partial charge in [0, 0.05) is 6.42 Å². The molecule has 6 nitrogen and oxygen atoms in total. The van der Waals surface area contributed by atoms with Crippen molar-refractivity contribution in [3.63, 3.8) is 0 Å². The van der Waals surface area contributed by atoms with Crippen molar-refractivity contribution in [3.8, 4) is 0 Å². The number of unbranched alkanes of at least 4 members (excludes halogenated alkanes) is 1. The zero-order valence-corrected chi connectivity index (χ0v) is 16.0. The van der Waals surface area contributed by atoms with Gasteiger partial charge in [0.2, 0.25) is 0 Å². The van der Waals surface area contributed by atoms with E-state index in [4.69, 9.17) is 4.98 Å². The van der Waals surface area contributed by atoms with Crippen LogP contribution >= 0.6 is 0 Å². The van der Waals surface area contributed by atoms with Gasteiger partial charge < -0.3 is 14.9 Å². The number of benzene rings is 1. The Kier molecular flexibility index (Phi) is 8.36. The first kappa shape index (κ1) is 21.0. The van der Waals surface area contributed by atoms with E-state index in [1.54, 1.807) is 6.08 Å². The molecule has 0 unspecified atom stereocenters. The number of rotatable bonds is 10. The van der Waals surface area contributed by atoms with Crippen LogP contribution < -0.4 is 0 Å². The molecule has 0 amide bonds. The molecule has 2 rings (SSSR count). The van der Waals surface area contributed by atoms with E-state index in [0.717, 1.165) is 36.0 Å². The van der Waals surface area contributed by atoms with Crippen LogP contribution in [0.3, 0.4) is 0 Å². The number of methoxy groups -OCH3 is 1. The zero-order chi connectivity index (χ0) is 19.6. The highest BCUT2D eigenvalue weighted by molar-refractivity contribution is 5.75. The van der Waals surface area contributed by atoms with Gasteiger partial charge in [0.05, 0.1) is 41.7 Å². The first-order chi connectivity index (χ1) is 13.0. The van der Waals surface area contributed by atoms with E-state index in [0.29, 0.717) is 18.5 Å². The van der Waals surface area contributed by atoms with Gasteiger partial charge >= 0.3 is 5.97 Å². The van der Waals surface area contributed by atoms with E-state index < -0.39 is 12.2 Å². The SMILES string of the molecule is CCCCc1nc2ccccc2nc1/C=C/[C@@H](O)[C@@H](O)CCCC(=O)OC. The number of hydrogen-bond donors (Lipinski definition) is 2. The third-order valence-electron chi connectivity index (χ3n) is 4.39. The molecule has 0 saturated heterocycles. The lowest BCUT2D eigenvalue weighted by Crippen LogP contribution is -2.23. The van der Waals surface area contributed by atoms with Crippen molar-refractivity contribution in [2.75, 3.05) is 7.11 Å². The van der Waals surface area contributed by atoms with Gasteiger partial charge in [-0.25, -0.2) is 9.97 Å². The van der Waals surface area contributed by atoms with Gasteiger partial charge in [0.25, 0.3) is 0 Å². The summed E-state index contributed by atoms with van der Waals surface area (Å²) in [4.78, 5) is 20.5. The maximum absolute atomic E-state index is 11.1. The smallest absolute Gasteiger partial charge is 0.305 e. The largest absolute Gasteiger partial charge is 0.469 e. The van der Waals surface area contributed by atoms with Crippen molar-refractivity contribution < 1.29 is 19.7 Å². The Balaban J connectivity index is 2.09. The van der Waals surface area contributed by atoms with Crippen molar-refractivity contribution in [2.24, 2.45) is 0 Å². The Morgan fingerprint density at radius 2 is 1.89 bits per heavy atom. The number of aryl methyl sites for hydroxylation is 1. The Hall–Kier alpha value is -2.31. The number of fused-ring (bicyclic) bond motifs is 1. The minimum absolute atomic E-state index is 0.224. The molecule has 1 aromatic heterocycles. The molecule has 0 fully saturated rings.